The molecule has 1 heterocycles. The summed E-state index contributed by atoms with van der Waals surface area (Å²) in [5.74, 6) is -3.62. The molecule has 2 unspecified atom stereocenters. The van der Waals surface area contributed by atoms with E-state index < -0.39 is 28.7 Å². The number of hydrogen-bond acceptors (Lipinski definition) is 1. The van der Waals surface area contributed by atoms with E-state index in [2.05, 4.69) is 20.9 Å². The van der Waals surface area contributed by atoms with Crippen LogP contribution in [0.3, 0.4) is 0 Å². The first-order chi connectivity index (χ1) is 10.2. The number of aromatic carboxylic acids is 1. The average molecular weight is 380 g/mol. The molecule has 1 aromatic carbocycles. The van der Waals surface area contributed by atoms with Crippen molar-refractivity contribution in [2.45, 2.75) is 23.8 Å². The van der Waals surface area contributed by atoms with E-state index in [0.29, 0.717) is 10.9 Å². The molecule has 1 aliphatic rings. The zero-order chi connectivity index (χ0) is 16.2. The van der Waals surface area contributed by atoms with E-state index in [1.165, 1.54) is 0 Å². The molecule has 118 valence electrons. The summed E-state index contributed by atoms with van der Waals surface area (Å²) in [6.07, 6.45) is -4.37. The Labute approximate surface area is 130 Å². The molecule has 3 rings (SSSR count). The van der Waals surface area contributed by atoms with Crippen LogP contribution in [-0.4, -0.2) is 22.2 Å². The van der Waals surface area contributed by atoms with E-state index in [-0.39, 0.29) is 29.6 Å². The molecule has 0 spiro atoms. The summed E-state index contributed by atoms with van der Waals surface area (Å²) < 4.78 is 52.6. The van der Waals surface area contributed by atoms with Gasteiger partial charge in [-0.2, -0.15) is 13.2 Å². The summed E-state index contributed by atoms with van der Waals surface area (Å²) in [7, 11) is 0. The lowest BCUT2D eigenvalue weighted by atomic mass is 9.86. The van der Waals surface area contributed by atoms with Crippen LogP contribution >= 0.6 is 15.9 Å². The maximum atomic E-state index is 13.6. The van der Waals surface area contributed by atoms with Crippen molar-refractivity contribution in [1.82, 2.24) is 4.98 Å². The third kappa shape index (κ3) is 2.29. The highest BCUT2D eigenvalue weighted by Crippen LogP contribution is 2.49. The van der Waals surface area contributed by atoms with E-state index >= 15 is 0 Å². The van der Waals surface area contributed by atoms with Gasteiger partial charge in [0.1, 0.15) is 5.82 Å². The Morgan fingerprint density at radius 3 is 2.64 bits per heavy atom. The predicted molar refractivity (Wildman–Crippen MR) is 74.8 cm³/mol. The van der Waals surface area contributed by atoms with E-state index in [0.717, 1.165) is 12.1 Å². The zero-order valence-corrected chi connectivity index (χ0v) is 12.6. The Balaban J connectivity index is 2.22. The lowest BCUT2D eigenvalue weighted by Crippen LogP contribution is -2.30. The number of aryl methyl sites for hydroxylation is 1. The van der Waals surface area contributed by atoms with Crippen molar-refractivity contribution in [3.05, 3.63) is 34.8 Å². The van der Waals surface area contributed by atoms with Crippen LogP contribution in [0.5, 0.6) is 0 Å². The van der Waals surface area contributed by atoms with Crippen molar-refractivity contribution in [3.8, 4) is 0 Å². The first-order valence-electron chi connectivity index (χ1n) is 6.48. The number of benzene rings is 1. The minimum Gasteiger partial charge on any atom is -0.478 e. The van der Waals surface area contributed by atoms with Crippen molar-refractivity contribution in [2.75, 3.05) is 0 Å². The average Bonchev–Trinajstić information content (AvgIpc) is 2.76. The Hall–Kier alpha value is -1.57. The van der Waals surface area contributed by atoms with Crippen molar-refractivity contribution in [1.29, 1.82) is 0 Å². The molecule has 8 heteroatoms. The van der Waals surface area contributed by atoms with Gasteiger partial charge in [0.25, 0.3) is 0 Å². The maximum absolute atomic E-state index is 13.6. The molecule has 0 fully saturated rings. The van der Waals surface area contributed by atoms with E-state index in [1.807, 2.05) is 0 Å². The fourth-order valence-electron chi connectivity index (χ4n) is 2.99. The first-order valence-corrected chi connectivity index (χ1v) is 7.39. The number of carboxylic acids is 1. The summed E-state index contributed by atoms with van der Waals surface area (Å²) >= 11 is 3.06. The number of H-pyrrole nitrogens is 1. The summed E-state index contributed by atoms with van der Waals surface area (Å²) in [6.45, 7) is 0. The highest BCUT2D eigenvalue weighted by molar-refractivity contribution is 9.09. The third-order valence-electron chi connectivity index (χ3n) is 4.00. The number of carboxylic acid groups (broad SMARTS) is 1. The molecule has 0 bridgehead atoms. The Morgan fingerprint density at radius 2 is 2.05 bits per heavy atom. The van der Waals surface area contributed by atoms with Gasteiger partial charge in [-0.1, -0.05) is 15.9 Å². The van der Waals surface area contributed by atoms with Gasteiger partial charge in [-0.25, -0.2) is 9.18 Å². The molecule has 2 N–H and O–H groups in total. The summed E-state index contributed by atoms with van der Waals surface area (Å²) in [5.41, 5.74) is 0.690. The van der Waals surface area contributed by atoms with Crippen LogP contribution in [0.25, 0.3) is 10.9 Å². The molecule has 0 aliphatic heterocycles. The van der Waals surface area contributed by atoms with Crippen molar-refractivity contribution in [2.24, 2.45) is 5.92 Å². The first kappa shape index (κ1) is 15.3. The fourth-order valence-corrected chi connectivity index (χ4v) is 3.94. The molecular weight excluding hydrogens is 370 g/mol. The largest absolute Gasteiger partial charge is 0.478 e. The SMILES string of the molecule is O=C(O)c1cc(F)cc2c3c([nH]c12)C(Br)C(C(F)(F)F)CC3. The fraction of sp³-hybridized carbons (Fsp3) is 0.357. The van der Waals surface area contributed by atoms with Gasteiger partial charge in [0.05, 0.1) is 21.8 Å². The van der Waals surface area contributed by atoms with Crippen LogP contribution in [0.1, 0.15) is 32.9 Å². The summed E-state index contributed by atoms with van der Waals surface area (Å²) in [4.78, 5) is 13.0. The van der Waals surface area contributed by atoms with Gasteiger partial charge in [-0.05, 0) is 30.5 Å². The smallest absolute Gasteiger partial charge is 0.393 e. The number of carbonyl (C=O) groups is 1. The highest BCUT2D eigenvalue weighted by atomic mass is 79.9. The molecule has 0 radical (unpaired) electrons. The van der Waals surface area contributed by atoms with Gasteiger partial charge < -0.3 is 10.1 Å². The summed E-state index contributed by atoms with van der Waals surface area (Å²) in [6, 6.07) is 2.02. The zero-order valence-electron chi connectivity index (χ0n) is 11.0. The van der Waals surface area contributed by atoms with Gasteiger partial charge in [-0.3, -0.25) is 0 Å². The normalized spacial score (nSPS) is 21.9. The number of aromatic nitrogens is 1. The minimum atomic E-state index is -4.36. The monoisotopic (exact) mass is 379 g/mol. The Bertz CT molecular complexity index is 768. The van der Waals surface area contributed by atoms with Crippen molar-refractivity contribution >= 4 is 32.8 Å². The molecular formula is C14H10BrF4NO2. The van der Waals surface area contributed by atoms with Crippen LogP contribution in [0.15, 0.2) is 12.1 Å². The van der Waals surface area contributed by atoms with Gasteiger partial charge in [0, 0.05) is 11.1 Å². The second-order valence-corrected chi connectivity index (χ2v) is 6.27. The number of hydrogen-bond donors (Lipinski definition) is 2. The van der Waals surface area contributed by atoms with E-state index in [1.54, 1.807) is 0 Å². The molecule has 0 amide bonds. The van der Waals surface area contributed by atoms with Crippen molar-refractivity contribution in [3.63, 3.8) is 0 Å². The standard InChI is InChI=1S/C14H10BrF4NO2/c15-10-9(14(17,18)19)2-1-6-7-3-5(16)4-8(13(21)22)11(7)20-12(6)10/h3-4,9-10,20H,1-2H2,(H,21,22). The number of rotatable bonds is 1. The Kier molecular flexibility index (Phi) is 3.47. The predicted octanol–water partition coefficient (Wildman–Crippen LogP) is 4.57. The number of aromatic amines is 1. The van der Waals surface area contributed by atoms with Gasteiger partial charge in [0.15, 0.2) is 0 Å². The van der Waals surface area contributed by atoms with Crippen LogP contribution in [0.4, 0.5) is 17.6 Å². The highest BCUT2D eigenvalue weighted by Gasteiger charge is 2.47. The van der Waals surface area contributed by atoms with E-state index in [4.69, 9.17) is 5.11 Å². The Morgan fingerprint density at radius 1 is 1.36 bits per heavy atom. The molecule has 2 aromatic rings. The van der Waals surface area contributed by atoms with Crippen LogP contribution < -0.4 is 0 Å². The second-order valence-electron chi connectivity index (χ2n) is 5.29. The number of nitrogens with one attached hydrogen (secondary N) is 1. The van der Waals surface area contributed by atoms with E-state index in [9.17, 15) is 22.4 Å². The molecule has 3 nitrogen and oxygen atoms in total. The summed E-state index contributed by atoms with van der Waals surface area (Å²) in [5, 5.41) is 9.47. The van der Waals surface area contributed by atoms with Crippen LogP contribution in [0, 0.1) is 11.7 Å². The lowest BCUT2D eigenvalue weighted by molar-refractivity contribution is -0.177. The molecule has 22 heavy (non-hydrogen) atoms. The van der Waals surface area contributed by atoms with Crippen LogP contribution in [0.2, 0.25) is 0 Å². The quantitative estimate of drug-likeness (QED) is 0.563. The third-order valence-corrected chi connectivity index (χ3v) is 5.09. The molecule has 0 saturated heterocycles. The molecule has 2 atom stereocenters. The van der Waals surface area contributed by atoms with Gasteiger partial charge in [-0.15, -0.1) is 0 Å². The van der Waals surface area contributed by atoms with Gasteiger partial charge >= 0.3 is 12.1 Å². The number of alkyl halides is 4. The van der Waals surface area contributed by atoms with Crippen molar-refractivity contribution < 1.29 is 27.5 Å². The number of fused-ring (bicyclic) bond motifs is 3. The number of halogens is 5. The minimum absolute atomic E-state index is 0.115. The van der Waals surface area contributed by atoms with Gasteiger partial charge in [0.2, 0.25) is 0 Å². The maximum Gasteiger partial charge on any atom is 0.393 e. The molecule has 0 saturated carbocycles. The molecule has 1 aromatic heterocycles. The van der Waals surface area contributed by atoms with Crippen LogP contribution in [-0.2, 0) is 6.42 Å². The molecule has 1 aliphatic carbocycles. The second kappa shape index (κ2) is 4.97. The topological polar surface area (TPSA) is 53.1 Å². The lowest BCUT2D eigenvalue weighted by Gasteiger charge is -2.29.